The first-order valence-corrected chi connectivity index (χ1v) is 24.5. The number of piperidine rings is 2. The number of nitrogens with zero attached hydrogens (tertiary/aromatic N) is 6. The summed E-state index contributed by atoms with van der Waals surface area (Å²) in [6.45, 7) is 11.8. The van der Waals surface area contributed by atoms with Gasteiger partial charge in [-0.05, 0) is 116 Å². The Morgan fingerprint density at radius 2 is 1.17 bits per heavy atom. The predicted molar refractivity (Wildman–Crippen MR) is 255 cm³/mol. The summed E-state index contributed by atoms with van der Waals surface area (Å²) >= 11 is 0. The van der Waals surface area contributed by atoms with E-state index in [2.05, 4.69) is 124 Å². The van der Waals surface area contributed by atoms with Gasteiger partial charge in [0, 0.05) is 23.3 Å². The minimum absolute atomic E-state index is 0.0399. The predicted octanol–water partition coefficient (Wildman–Crippen LogP) is 10.1. The number of carbonyl (C=O) groups is 2. The summed E-state index contributed by atoms with van der Waals surface area (Å²) in [6, 6.07) is 36.1. The molecule has 0 unspecified atom stereocenters. The summed E-state index contributed by atoms with van der Waals surface area (Å²) in [7, 11) is 0. The molecular weight excluding hydrogens is 805 g/mol. The molecule has 2 saturated carbocycles. The molecule has 10 nitrogen and oxygen atoms in total. The molecule has 4 aromatic carbocycles. The van der Waals surface area contributed by atoms with Gasteiger partial charge in [-0.15, -0.1) is 0 Å². The van der Waals surface area contributed by atoms with Crippen LogP contribution in [-0.4, -0.2) is 89.6 Å². The van der Waals surface area contributed by atoms with E-state index in [4.69, 9.17) is 9.97 Å². The van der Waals surface area contributed by atoms with Crippen molar-refractivity contribution in [1.82, 2.24) is 39.5 Å². The Kier molecular flexibility index (Phi) is 11.1. The maximum atomic E-state index is 14.7. The quantitative estimate of drug-likeness (QED) is 0.113. The van der Waals surface area contributed by atoms with Crippen LogP contribution in [0, 0.1) is 11.8 Å². The van der Waals surface area contributed by atoms with Crippen molar-refractivity contribution in [3.05, 3.63) is 143 Å². The fourth-order valence-electron chi connectivity index (χ4n) is 11.9. The van der Waals surface area contributed by atoms with Crippen molar-refractivity contribution in [2.45, 2.75) is 109 Å². The molecule has 2 amide bonds. The third kappa shape index (κ3) is 7.52. The van der Waals surface area contributed by atoms with Gasteiger partial charge in [0.15, 0.2) is 0 Å². The molecule has 4 fully saturated rings. The first kappa shape index (κ1) is 41.8. The minimum atomic E-state index is -0.302. The van der Waals surface area contributed by atoms with Crippen LogP contribution in [0.5, 0.6) is 0 Å². The molecule has 6 aromatic rings. The van der Waals surface area contributed by atoms with E-state index < -0.39 is 0 Å². The molecule has 11 rings (SSSR count). The second-order valence-corrected chi connectivity index (χ2v) is 19.1. The fraction of sp³-hybridized carbons (Fsp3) is 0.418. The van der Waals surface area contributed by atoms with E-state index in [-0.39, 0.29) is 36.0 Å². The Balaban J connectivity index is 0.816. The molecule has 334 valence electrons. The monoisotopic (exact) mass is 866 g/mol. The average molecular weight is 867 g/mol. The molecule has 2 aliphatic heterocycles. The number of aryl methyl sites for hydroxylation is 2. The minimum Gasteiger partial charge on any atom is -0.344 e. The number of hydrogen-bond acceptors (Lipinski definition) is 6. The van der Waals surface area contributed by atoms with Crippen LogP contribution in [-0.2, 0) is 22.4 Å². The highest BCUT2D eigenvalue weighted by Gasteiger charge is 2.57. The van der Waals surface area contributed by atoms with Gasteiger partial charge in [0.1, 0.15) is 23.7 Å². The van der Waals surface area contributed by atoms with Crippen molar-refractivity contribution < 1.29 is 9.59 Å². The summed E-state index contributed by atoms with van der Waals surface area (Å²) in [4.78, 5) is 56.0. The van der Waals surface area contributed by atoms with Crippen molar-refractivity contribution in [3.63, 3.8) is 0 Å². The van der Waals surface area contributed by atoms with Gasteiger partial charge in [0.25, 0.3) is 0 Å². The van der Waals surface area contributed by atoms with Crippen LogP contribution in [0.3, 0.4) is 0 Å². The molecule has 0 bridgehead atoms. The van der Waals surface area contributed by atoms with Crippen molar-refractivity contribution in [3.8, 4) is 33.6 Å². The summed E-state index contributed by atoms with van der Waals surface area (Å²) in [5.74, 6) is 3.31. The molecule has 8 atom stereocenters. The SMILES string of the molecule is CCN(CC)[C@@H](C(=O)N1[C@@H]2C[C@@H]2C[C@H]1c1ncc(-c2ccc(-c3ccc4c(c3)CCCc3[nH]c([C@@H]5C[C@H]6C[C@H]6N5C(=O)[C@@H](c5ccccc5)N(CC)CC)nc3-4)cc2)[nH]1)c1ccccc1. The average Bonchev–Trinajstić information content (AvgIpc) is 4.01. The van der Waals surface area contributed by atoms with Gasteiger partial charge in [0.05, 0.1) is 29.7 Å². The summed E-state index contributed by atoms with van der Waals surface area (Å²) in [5, 5.41) is 0. The number of amides is 2. The normalized spacial score (nSPS) is 23.7. The van der Waals surface area contributed by atoms with Crippen LogP contribution < -0.4 is 0 Å². The number of carbonyl (C=O) groups excluding carboxylic acids is 2. The lowest BCUT2D eigenvalue weighted by molar-refractivity contribution is -0.140. The Morgan fingerprint density at radius 3 is 1.74 bits per heavy atom. The summed E-state index contributed by atoms with van der Waals surface area (Å²) in [6.07, 6.45) is 8.99. The number of rotatable bonds is 14. The number of likely N-dealkylation sites (tertiary alicyclic amines) is 2. The topological polar surface area (TPSA) is 104 Å². The first-order valence-electron chi connectivity index (χ1n) is 24.5. The van der Waals surface area contributed by atoms with Crippen LogP contribution in [0.1, 0.15) is 118 Å². The summed E-state index contributed by atoms with van der Waals surface area (Å²) in [5.41, 5.74) is 11.3. The third-order valence-electron chi connectivity index (χ3n) is 15.6. The maximum Gasteiger partial charge on any atom is 0.245 e. The number of aromatic amines is 2. The van der Waals surface area contributed by atoms with Crippen LogP contribution in [0.25, 0.3) is 33.6 Å². The lowest BCUT2D eigenvalue weighted by Gasteiger charge is -2.35. The molecular formula is C55H62N8O2. The molecule has 2 aromatic heterocycles. The van der Waals surface area contributed by atoms with Gasteiger partial charge in [0.2, 0.25) is 11.8 Å². The highest BCUT2D eigenvalue weighted by atomic mass is 16.2. The number of hydrogen-bond donors (Lipinski definition) is 2. The number of nitrogens with one attached hydrogen (secondary N) is 2. The van der Waals surface area contributed by atoms with Gasteiger partial charge in [-0.3, -0.25) is 19.4 Å². The smallest absolute Gasteiger partial charge is 0.245 e. The number of aromatic nitrogens is 4. The Labute approximate surface area is 383 Å². The molecule has 0 spiro atoms. The zero-order chi connectivity index (χ0) is 44.3. The molecule has 2 saturated heterocycles. The van der Waals surface area contributed by atoms with E-state index in [9.17, 15) is 9.59 Å². The van der Waals surface area contributed by atoms with Crippen LogP contribution >= 0.6 is 0 Å². The maximum absolute atomic E-state index is 14.7. The standard InChI is InChI=1S/C55H62N8O2/c1-5-60(6-2)50(36-16-11-9-12-17-36)54(64)62-45-29-40(45)31-47(62)52-56-33-44(58-52)35-24-22-34(23-25-35)38-26-27-42-39(28-38)20-15-21-43-49(42)59-53(57-43)48-32-41-30-46(41)63(48)55(65)51(61(7-3)8-4)37-18-13-10-14-19-37/h9-14,16-19,22-28,33,40-41,45-48,50-51H,5-8,15,20-21,29-32H2,1-4H3,(H,56,58)(H,57,59)/t40-,41-,45-,46-,47+,48+,50-,51-/m1/s1. The van der Waals surface area contributed by atoms with Crippen molar-refractivity contribution in [1.29, 1.82) is 0 Å². The van der Waals surface area contributed by atoms with E-state index in [0.29, 0.717) is 23.9 Å². The molecule has 3 aliphatic carbocycles. The lowest BCUT2D eigenvalue weighted by Crippen LogP contribution is -2.44. The molecule has 10 heteroatoms. The van der Waals surface area contributed by atoms with Crippen LogP contribution in [0.15, 0.2) is 109 Å². The van der Waals surface area contributed by atoms with Gasteiger partial charge < -0.3 is 19.8 Å². The van der Waals surface area contributed by atoms with Crippen molar-refractivity contribution in [2.24, 2.45) is 11.8 Å². The largest absolute Gasteiger partial charge is 0.344 e. The molecule has 0 radical (unpaired) electrons. The van der Waals surface area contributed by atoms with Crippen molar-refractivity contribution >= 4 is 11.8 Å². The van der Waals surface area contributed by atoms with Crippen LogP contribution in [0.2, 0.25) is 0 Å². The van der Waals surface area contributed by atoms with Crippen molar-refractivity contribution in [2.75, 3.05) is 26.2 Å². The lowest BCUT2D eigenvalue weighted by atomic mass is 9.95. The van der Waals surface area contributed by atoms with Gasteiger partial charge in [-0.2, -0.15) is 0 Å². The molecule has 5 aliphatic rings. The fourth-order valence-corrected chi connectivity index (χ4v) is 11.9. The molecule has 4 heterocycles. The van der Waals surface area contributed by atoms with Gasteiger partial charge >= 0.3 is 0 Å². The second kappa shape index (κ2) is 17.2. The number of likely N-dealkylation sites (N-methyl/N-ethyl adjacent to an activating group) is 2. The third-order valence-corrected chi connectivity index (χ3v) is 15.6. The Morgan fingerprint density at radius 1 is 0.631 bits per heavy atom. The zero-order valence-electron chi connectivity index (χ0n) is 38.3. The van der Waals surface area contributed by atoms with E-state index >= 15 is 0 Å². The number of benzene rings is 4. The molecule has 2 N–H and O–H groups in total. The zero-order valence-corrected chi connectivity index (χ0v) is 38.3. The number of H-pyrrole nitrogens is 2. The highest BCUT2D eigenvalue weighted by molar-refractivity contribution is 5.86. The first-order chi connectivity index (χ1) is 31.9. The highest BCUT2D eigenvalue weighted by Crippen LogP contribution is 2.56. The molecule has 65 heavy (non-hydrogen) atoms. The number of fused-ring (bicyclic) bond motifs is 5. The van der Waals surface area contributed by atoms with Gasteiger partial charge in [-0.1, -0.05) is 131 Å². The van der Waals surface area contributed by atoms with Gasteiger partial charge in [-0.25, -0.2) is 9.97 Å². The van der Waals surface area contributed by atoms with E-state index in [1.807, 2.05) is 42.6 Å². The number of imidazole rings is 2. The Hall–Kier alpha value is -5.84. The van der Waals surface area contributed by atoms with E-state index in [1.54, 1.807) is 0 Å². The second-order valence-electron chi connectivity index (χ2n) is 19.1. The van der Waals surface area contributed by atoms with Crippen LogP contribution in [0.4, 0.5) is 0 Å². The summed E-state index contributed by atoms with van der Waals surface area (Å²) < 4.78 is 0. The van der Waals surface area contributed by atoms with E-state index in [1.165, 1.54) is 27.9 Å². The Bertz CT molecular complexity index is 2670. The van der Waals surface area contributed by atoms with E-state index in [0.717, 1.165) is 111 Å².